The van der Waals surface area contributed by atoms with Crippen molar-refractivity contribution in [2.75, 3.05) is 6.61 Å². The molecule has 0 saturated carbocycles. The molecule has 0 bridgehead atoms. The van der Waals surface area contributed by atoms with E-state index in [1.54, 1.807) is 0 Å². The van der Waals surface area contributed by atoms with Gasteiger partial charge in [0.1, 0.15) is 6.61 Å². The monoisotopic (exact) mass is 99.0 g/mol. The molecule has 4 heteroatoms. The maximum Gasteiger partial charge on any atom is 0.329 e. The number of hydrogen-bond acceptors (Lipinski definition) is 2. The largest absolute Gasteiger partial charge is 0.480 e. The van der Waals surface area contributed by atoms with E-state index in [0.717, 1.165) is 0 Å². The summed E-state index contributed by atoms with van der Waals surface area (Å²) in [6.07, 6.45) is 0. The van der Waals surface area contributed by atoms with Crippen LogP contribution < -0.4 is 0 Å². The summed E-state index contributed by atoms with van der Waals surface area (Å²) in [4.78, 5) is 9.12. The molecule has 3 nitrogen and oxygen atoms in total. The molecule has 2 N–H and O–H groups in total. The minimum absolute atomic E-state index is 0. The zero-order valence-electron chi connectivity index (χ0n) is 3.51. The van der Waals surface area contributed by atoms with Gasteiger partial charge in [0.15, 0.2) is 0 Å². The first-order valence-corrected chi connectivity index (χ1v) is 1.10. The molecule has 0 spiro atoms. The average Bonchev–Trinajstić information content (AvgIpc) is 1.38. The van der Waals surface area contributed by atoms with Crippen LogP contribution in [0.25, 0.3) is 0 Å². The predicted octanol–water partition coefficient (Wildman–Crippen LogP) is -1.32. The summed E-state index contributed by atoms with van der Waals surface area (Å²) in [7, 11) is 0. The smallest absolute Gasteiger partial charge is 0.329 e. The Labute approximate surface area is 57.3 Å². The Balaban J connectivity index is 0. The standard InChI is InChI=1S/C2H4O3.Na/c3-1-2(4)5;/h3H,1H2,(H,4,5);. The SMILES string of the molecule is O=C(O)CO.[Na]. The van der Waals surface area contributed by atoms with Crippen molar-refractivity contribution in [3.63, 3.8) is 0 Å². The van der Waals surface area contributed by atoms with Crippen LogP contribution in [0, 0.1) is 0 Å². The van der Waals surface area contributed by atoms with Crippen LogP contribution in [0.15, 0.2) is 0 Å². The molecule has 0 aliphatic carbocycles. The Bertz CT molecular complexity index is 44.1. The second kappa shape index (κ2) is 5.43. The first-order chi connectivity index (χ1) is 2.27. The molecule has 0 fully saturated rings. The number of aliphatic carboxylic acids is 1. The van der Waals surface area contributed by atoms with Gasteiger partial charge in [-0.15, -0.1) is 0 Å². The molecule has 0 aliphatic heterocycles. The maximum absolute atomic E-state index is 9.12. The molecule has 0 heterocycles. The first kappa shape index (κ1) is 9.66. The first-order valence-electron chi connectivity index (χ1n) is 1.10. The molecule has 0 amide bonds. The average molecular weight is 99.0 g/mol. The minimum atomic E-state index is -1.19. The van der Waals surface area contributed by atoms with Gasteiger partial charge in [-0.2, -0.15) is 0 Å². The fraction of sp³-hybridized carbons (Fsp3) is 0.500. The third-order valence-corrected chi connectivity index (χ3v) is 0.135. The van der Waals surface area contributed by atoms with Crippen molar-refractivity contribution in [1.82, 2.24) is 0 Å². The van der Waals surface area contributed by atoms with Crippen LogP contribution in [0.2, 0.25) is 0 Å². The summed E-state index contributed by atoms with van der Waals surface area (Å²) in [5.74, 6) is -1.19. The van der Waals surface area contributed by atoms with Gasteiger partial charge < -0.3 is 10.2 Å². The quantitative estimate of drug-likeness (QED) is 0.401. The second-order valence-electron chi connectivity index (χ2n) is 0.552. The Hall–Kier alpha value is 0.430. The van der Waals surface area contributed by atoms with Gasteiger partial charge in [0.2, 0.25) is 0 Å². The summed E-state index contributed by atoms with van der Waals surface area (Å²) < 4.78 is 0. The summed E-state index contributed by atoms with van der Waals surface area (Å²) in [6.45, 7) is -0.778. The van der Waals surface area contributed by atoms with Crippen molar-refractivity contribution >= 4 is 35.5 Å². The van der Waals surface area contributed by atoms with Gasteiger partial charge in [-0.25, -0.2) is 4.79 Å². The molecule has 6 heavy (non-hydrogen) atoms. The van der Waals surface area contributed by atoms with Crippen LogP contribution in [0.3, 0.4) is 0 Å². The van der Waals surface area contributed by atoms with E-state index in [2.05, 4.69) is 0 Å². The second-order valence-corrected chi connectivity index (χ2v) is 0.552. The molecule has 0 rings (SSSR count). The van der Waals surface area contributed by atoms with E-state index in [-0.39, 0.29) is 29.6 Å². The number of carboxylic acids is 1. The summed E-state index contributed by atoms with van der Waals surface area (Å²) in [5.41, 5.74) is 0. The van der Waals surface area contributed by atoms with E-state index in [0.29, 0.717) is 0 Å². The van der Waals surface area contributed by atoms with Crippen molar-refractivity contribution in [1.29, 1.82) is 0 Å². The Kier molecular flexibility index (Phi) is 8.74. The normalized spacial score (nSPS) is 6.17. The van der Waals surface area contributed by atoms with Crippen LogP contribution in [-0.4, -0.2) is 52.3 Å². The van der Waals surface area contributed by atoms with Crippen molar-refractivity contribution in [2.45, 2.75) is 0 Å². The third-order valence-electron chi connectivity index (χ3n) is 0.135. The topological polar surface area (TPSA) is 57.5 Å². The number of aliphatic hydroxyl groups excluding tert-OH is 1. The number of hydrogen-bond donors (Lipinski definition) is 2. The van der Waals surface area contributed by atoms with E-state index in [9.17, 15) is 0 Å². The molecular weight excluding hydrogens is 95.0 g/mol. The van der Waals surface area contributed by atoms with Gasteiger partial charge in [0.05, 0.1) is 0 Å². The van der Waals surface area contributed by atoms with E-state index in [4.69, 9.17) is 15.0 Å². The summed E-state index contributed by atoms with van der Waals surface area (Å²) in [6, 6.07) is 0. The van der Waals surface area contributed by atoms with E-state index in [1.165, 1.54) is 0 Å². The molecular formula is C2H4NaO3. The number of aliphatic hydroxyl groups is 1. The molecule has 0 aliphatic rings. The minimum Gasteiger partial charge on any atom is -0.480 e. The summed E-state index contributed by atoms with van der Waals surface area (Å²) in [5, 5.41) is 15.0. The van der Waals surface area contributed by atoms with Crippen LogP contribution in [0.5, 0.6) is 0 Å². The fourth-order valence-corrected chi connectivity index (χ4v) is 0. The van der Waals surface area contributed by atoms with Gasteiger partial charge in [0.25, 0.3) is 0 Å². The van der Waals surface area contributed by atoms with Gasteiger partial charge in [-0.05, 0) is 0 Å². The molecule has 0 atom stereocenters. The van der Waals surface area contributed by atoms with E-state index < -0.39 is 12.6 Å². The van der Waals surface area contributed by atoms with Crippen molar-refractivity contribution in [2.24, 2.45) is 0 Å². The molecule has 0 aromatic carbocycles. The molecule has 31 valence electrons. The van der Waals surface area contributed by atoms with Crippen LogP contribution in [-0.2, 0) is 4.79 Å². The van der Waals surface area contributed by atoms with Gasteiger partial charge in [-0.3, -0.25) is 0 Å². The van der Waals surface area contributed by atoms with Crippen molar-refractivity contribution in [3.8, 4) is 0 Å². The Morgan fingerprint density at radius 2 is 1.83 bits per heavy atom. The van der Waals surface area contributed by atoms with Crippen LogP contribution >= 0.6 is 0 Å². The molecule has 0 saturated heterocycles. The fourth-order valence-electron chi connectivity index (χ4n) is 0. The zero-order valence-corrected chi connectivity index (χ0v) is 5.51. The maximum atomic E-state index is 9.12. The molecule has 0 aromatic rings. The molecule has 0 aromatic heterocycles. The number of rotatable bonds is 1. The van der Waals surface area contributed by atoms with E-state index >= 15 is 0 Å². The zero-order chi connectivity index (χ0) is 4.28. The van der Waals surface area contributed by atoms with Gasteiger partial charge >= 0.3 is 5.97 Å². The van der Waals surface area contributed by atoms with Gasteiger partial charge in [-0.1, -0.05) is 0 Å². The predicted molar refractivity (Wildman–Crippen MR) is 20.5 cm³/mol. The molecule has 1 radical (unpaired) electrons. The van der Waals surface area contributed by atoms with Gasteiger partial charge in [0, 0.05) is 29.6 Å². The van der Waals surface area contributed by atoms with Crippen LogP contribution in [0.4, 0.5) is 0 Å². The van der Waals surface area contributed by atoms with Crippen molar-refractivity contribution in [3.05, 3.63) is 0 Å². The van der Waals surface area contributed by atoms with E-state index in [1.807, 2.05) is 0 Å². The Morgan fingerprint density at radius 1 is 1.67 bits per heavy atom. The third kappa shape index (κ3) is 8.83. The summed E-state index contributed by atoms with van der Waals surface area (Å²) >= 11 is 0. The molecule has 0 unspecified atom stereocenters. The number of carbonyl (C=O) groups is 1. The Morgan fingerprint density at radius 3 is 1.83 bits per heavy atom. The van der Waals surface area contributed by atoms with Crippen LogP contribution in [0.1, 0.15) is 0 Å². The number of carboxylic acid groups (broad SMARTS) is 1. The van der Waals surface area contributed by atoms with Crippen molar-refractivity contribution < 1.29 is 15.0 Å².